The molecule has 2 saturated heterocycles. The van der Waals surface area contributed by atoms with E-state index in [-0.39, 0.29) is 23.8 Å². The maximum absolute atomic E-state index is 13.9. The number of carbonyl (C=O) groups excluding carboxylic acids is 2. The lowest BCUT2D eigenvalue weighted by Crippen LogP contribution is -2.48. The first-order valence-corrected chi connectivity index (χ1v) is 15.4. The van der Waals surface area contributed by atoms with Crippen LogP contribution in [0.1, 0.15) is 80.1 Å². The Kier molecular flexibility index (Phi) is 10.0. The molecule has 0 aliphatic carbocycles. The lowest BCUT2D eigenvalue weighted by molar-refractivity contribution is -0.133. The van der Waals surface area contributed by atoms with Crippen molar-refractivity contribution in [1.29, 1.82) is 0 Å². The predicted molar refractivity (Wildman–Crippen MR) is 164 cm³/mol. The highest BCUT2D eigenvalue weighted by Gasteiger charge is 2.32. The molecule has 0 radical (unpaired) electrons. The first-order chi connectivity index (χ1) is 19.6. The Hall–Kier alpha value is -3.02. The van der Waals surface area contributed by atoms with Crippen LogP contribution in [0.3, 0.4) is 0 Å². The summed E-state index contributed by atoms with van der Waals surface area (Å²) in [5, 5.41) is 5.99. The molecule has 2 aliphatic heterocycles. The van der Waals surface area contributed by atoms with Gasteiger partial charge in [-0.1, -0.05) is 80.1 Å². The van der Waals surface area contributed by atoms with Gasteiger partial charge >= 0.3 is 0 Å². The summed E-state index contributed by atoms with van der Waals surface area (Å²) in [6, 6.07) is 24.7. The van der Waals surface area contributed by atoms with Crippen LogP contribution < -0.4 is 5.32 Å². The zero-order chi connectivity index (χ0) is 27.7. The van der Waals surface area contributed by atoms with Crippen LogP contribution in [0.15, 0.2) is 72.8 Å². The van der Waals surface area contributed by atoms with Gasteiger partial charge in [0.25, 0.3) is 0 Å². The average molecular weight is 540 g/mol. The van der Waals surface area contributed by atoms with Gasteiger partial charge in [-0.05, 0) is 74.0 Å². The van der Waals surface area contributed by atoms with Crippen molar-refractivity contribution in [2.45, 2.75) is 76.3 Å². The molecule has 40 heavy (non-hydrogen) atoms. The van der Waals surface area contributed by atoms with E-state index in [2.05, 4.69) is 64.5 Å². The third kappa shape index (κ3) is 7.38. The Morgan fingerprint density at radius 1 is 0.900 bits per heavy atom. The van der Waals surface area contributed by atoms with E-state index >= 15 is 0 Å². The number of fused-ring (bicyclic) bond motifs is 1. The van der Waals surface area contributed by atoms with Crippen LogP contribution in [0.2, 0.25) is 0 Å². The molecule has 3 atom stereocenters. The summed E-state index contributed by atoms with van der Waals surface area (Å²) < 4.78 is 0. The summed E-state index contributed by atoms with van der Waals surface area (Å²) in [7, 11) is 0. The molecule has 2 fully saturated rings. The molecule has 5 heteroatoms. The van der Waals surface area contributed by atoms with E-state index in [4.69, 9.17) is 0 Å². The average Bonchev–Trinajstić information content (AvgIpc) is 3.16. The van der Waals surface area contributed by atoms with Crippen molar-refractivity contribution < 1.29 is 9.59 Å². The molecule has 5 nitrogen and oxygen atoms in total. The number of ketones is 1. The Morgan fingerprint density at radius 2 is 1.65 bits per heavy atom. The second-order valence-corrected chi connectivity index (χ2v) is 11.7. The molecule has 3 aromatic rings. The molecule has 0 bridgehead atoms. The minimum atomic E-state index is -0.196. The van der Waals surface area contributed by atoms with Gasteiger partial charge < -0.3 is 15.1 Å². The second kappa shape index (κ2) is 14.0. The van der Waals surface area contributed by atoms with E-state index < -0.39 is 0 Å². The SMILES string of the molecule is CC[C@@H](CN1CC[C@@H](CCC(=O)c2ccc3ccccc3c2)N[C@@H](CCN2CCCCC2)C1=O)c1ccccc1. The third-order valence-corrected chi connectivity index (χ3v) is 8.97. The molecule has 0 aromatic heterocycles. The van der Waals surface area contributed by atoms with E-state index in [1.54, 1.807) is 0 Å². The number of likely N-dealkylation sites (tertiary alicyclic amines) is 1. The normalized spacial score (nSPS) is 21.3. The van der Waals surface area contributed by atoms with Gasteiger partial charge in [0.2, 0.25) is 5.91 Å². The van der Waals surface area contributed by atoms with Crippen molar-refractivity contribution >= 4 is 22.5 Å². The molecule has 212 valence electrons. The fourth-order valence-corrected chi connectivity index (χ4v) is 6.47. The largest absolute Gasteiger partial charge is 0.341 e. The van der Waals surface area contributed by atoms with Gasteiger partial charge in [0.15, 0.2) is 5.78 Å². The summed E-state index contributed by atoms with van der Waals surface area (Å²) in [5.41, 5.74) is 2.08. The number of carbonyl (C=O) groups is 2. The molecule has 2 heterocycles. The van der Waals surface area contributed by atoms with E-state index in [1.807, 2.05) is 30.3 Å². The van der Waals surface area contributed by atoms with Crippen LogP contribution >= 0.6 is 0 Å². The van der Waals surface area contributed by atoms with Crippen molar-refractivity contribution in [2.75, 3.05) is 32.7 Å². The third-order valence-electron chi connectivity index (χ3n) is 8.97. The zero-order valence-electron chi connectivity index (χ0n) is 24.1. The van der Waals surface area contributed by atoms with Crippen LogP contribution in [0, 0.1) is 0 Å². The standard InChI is InChI=1S/C35H45N3O2/c1-2-27(28-11-5-3-6-12-28)26-38-24-19-32(36-33(35(38)40)20-23-37-21-9-4-10-22-37)17-18-34(39)31-16-15-29-13-7-8-14-30(29)25-31/h3,5-8,11-16,25,27,32-33,36H,2,4,9-10,17-24,26H2,1H3/t27-,32+,33-/m0/s1. The van der Waals surface area contributed by atoms with Crippen molar-refractivity contribution in [3.63, 3.8) is 0 Å². The van der Waals surface area contributed by atoms with Crippen LogP contribution in [-0.2, 0) is 4.79 Å². The maximum Gasteiger partial charge on any atom is 0.239 e. The lowest BCUT2D eigenvalue weighted by atomic mass is 9.95. The number of nitrogens with one attached hydrogen (secondary N) is 1. The molecular weight excluding hydrogens is 494 g/mol. The van der Waals surface area contributed by atoms with E-state index in [9.17, 15) is 9.59 Å². The number of hydrogen-bond donors (Lipinski definition) is 1. The summed E-state index contributed by atoms with van der Waals surface area (Å²) in [6.45, 7) is 6.94. The fourth-order valence-electron chi connectivity index (χ4n) is 6.47. The number of piperidine rings is 1. The summed E-state index contributed by atoms with van der Waals surface area (Å²) in [6.07, 6.45) is 7.78. The predicted octanol–water partition coefficient (Wildman–Crippen LogP) is 6.43. The highest BCUT2D eigenvalue weighted by atomic mass is 16.2. The van der Waals surface area contributed by atoms with Crippen molar-refractivity contribution in [1.82, 2.24) is 15.1 Å². The molecule has 2 aliphatic rings. The summed E-state index contributed by atoms with van der Waals surface area (Å²) >= 11 is 0. The Morgan fingerprint density at radius 3 is 2.42 bits per heavy atom. The number of Topliss-reactive ketones (excluding diaryl/α,β-unsaturated/α-hetero) is 1. The summed E-state index contributed by atoms with van der Waals surface area (Å²) in [4.78, 5) is 31.7. The number of hydrogen-bond acceptors (Lipinski definition) is 4. The van der Waals surface area contributed by atoms with Crippen LogP contribution in [-0.4, -0.2) is 66.3 Å². The Bertz CT molecular complexity index is 1250. The Balaban J connectivity index is 1.25. The van der Waals surface area contributed by atoms with E-state index in [0.29, 0.717) is 12.3 Å². The molecule has 1 amide bonds. The molecule has 0 unspecified atom stereocenters. The lowest BCUT2D eigenvalue weighted by Gasteiger charge is -2.31. The van der Waals surface area contributed by atoms with Gasteiger partial charge in [0.1, 0.15) is 0 Å². The minimum Gasteiger partial charge on any atom is -0.341 e. The van der Waals surface area contributed by atoms with Crippen molar-refractivity contribution in [2.24, 2.45) is 0 Å². The Labute approximate surface area is 239 Å². The quantitative estimate of drug-likeness (QED) is 0.285. The van der Waals surface area contributed by atoms with E-state index in [0.717, 1.165) is 74.7 Å². The van der Waals surface area contributed by atoms with Gasteiger partial charge in [-0.25, -0.2) is 0 Å². The maximum atomic E-state index is 13.9. The minimum absolute atomic E-state index is 0.154. The van der Waals surface area contributed by atoms with Gasteiger partial charge in [-0.2, -0.15) is 0 Å². The van der Waals surface area contributed by atoms with Gasteiger partial charge in [-0.3, -0.25) is 9.59 Å². The fraction of sp³-hybridized carbons (Fsp3) is 0.486. The highest BCUT2D eigenvalue weighted by molar-refractivity contribution is 5.99. The topological polar surface area (TPSA) is 52.7 Å². The number of nitrogens with zero attached hydrogens (tertiary/aromatic N) is 2. The first-order valence-electron chi connectivity index (χ1n) is 15.4. The van der Waals surface area contributed by atoms with Crippen molar-refractivity contribution in [3.8, 4) is 0 Å². The molecular formula is C35H45N3O2. The smallest absolute Gasteiger partial charge is 0.239 e. The van der Waals surface area contributed by atoms with Crippen LogP contribution in [0.4, 0.5) is 0 Å². The zero-order valence-corrected chi connectivity index (χ0v) is 24.1. The number of amides is 1. The van der Waals surface area contributed by atoms with Gasteiger partial charge in [0.05, 0.1) is 6.04 Å². The number of rotatable bonds is 11. The van der Waals surface area contributed by atoms with E-state index in [1.165, 1.54) is 24.8 Å². The number of benzene rings is 3. The van der Waals surface area contributed by atoms with Crippen LogP contribution in [0.5, 0.6) is 0 Å². The van der Waals surface area contributed by atoms with Gasteiger partial charge in [0, 0.05) is 43.6 Å². The van der Waals surface area contributed by atoms with Crippen LogP contribution in [0.25, 0.3) is 10.8 Å². The first kappa shape index (κ1) is 28.5. The molecule has 0 saturated carbocycles. The highest BCUT2D eigenvalue weighted by Crippen LogP contribution is 2.24. The van der Waals surface area contributed by atoms with Crippen molar-refractivity contribution in [3.05, 3.63) is 83.9 Å². The molecule has 5 rings (SSSR count). The second-order valence-electron chi connectivity index (χ2n) is 11.7. The van der Waals surface area contributed by atoms with Gasteiger partial charge in [-0.15, -0.1) is 0 Å². The summed E-state index contributed by atoms with van der Waals surface area (Å²) in [5.74, 6) is 0.744. The molecule has 0 spiro atoms. The monoisotopic (exact) mass is 539 g/mol. The molecule has 1 N–H and O–H groups in total. The molecule has 3 aromatic carbocycles.